The van der Waals surface area contributed by atoms with E-state index in [0.29, 0.717) is 94.4 Å². The molecule has 12 aliphatic carbocycles. The Balaban J connectivity index is 0.000000137. The first-order valence-electron chi connectivity index (χ1n) is 50.9. The monoisotopic (exact) mass is 1720 g/mol. The lowest BCUT2D eigenvalue weighted by molar-refractivity contribution is -0.273. The van der Waals surface area contributed by atoms with Gasteiger partial charge in [0.15, 0.2) is 5.79 Å². The number of aliphatic hydroxyl groups excluding tert-OH is 2. The van der Waals surface area contributed by atoms with Crippen molar-refractivity contribution in [3.05, 3.63) is 42.2 Å². The molecule has 32 atom stereocenters. The number of imidazole rings is 1. The smallest absolute Gasteiger partial charge is 0.310 e. The number of para-hydroxylation sites is 2. The predicted octanol–water partition coefficient (Wildman–Crippen LogP) is 20.6. The van der Waals surface area contributed by atoms with Gasteiger partial charge in [-0.2, -0.15) is 11.8 Å². The summed E-state index contributed by atoms with van der Waals surface area (Å²) in [6.07, 6.45) is 40.0. The second kappa shape index (κ2) is 38.3. The van der Waals surface area contributed by atoms with E-state index >= 15 is 0 Å². The zero-order valence-corrected chi connectivity index (χ0v) is 79.7. The van der Waals surface area contributed by atoms with Crippen molar-refractivity contribution < 1.29 is 62.5 Å². The molecular weight excluding hydrogens is 1560 g/mol. The average Bonchev–Trinajstić information content (AvgIpc) is 1.56. The maximum absolute atomic E-state index is 13.0. The fraction of sp³-hybridized carbons (Fsp3) is 0.876. The topological polar surface area (TPSA) is 198 Å². The number of thioether (sulfide) groups is 1. The van der Waals surface area contributed by atoms with Gasteiger partial charge in [0.25, 0.3) is 0 Å². The van der Waals surface area contributed by atoms with Crippen molar-refractivity contribution >= 4 is 46.7 Å². The van der Waals surface area contributed by atoms with Crippen LogP contribution in [0.2, 0.25) is 0 Å². The van der Waals surface area contributed by atoms with E-state index in [2.05, 4.69) is 115 Å². The summed E-state index contributed by atoms with van der Waals surface area (Å²) in [7, 11) is 1.44. The maximum atomic E-state index is 13.0. The van der Waals surface area contributed by atoms with Gasteiger partial charge < -0.3 is 52.8 Å². The van der Waals surface area contributed by atoms with E-state index in [-0.39, 0.29) is 82.7 Å². The van der Waals surface area contributed by atoms with Gasteiger partial charge in [0.1, 0.15) is 18.3 Å². The number of nitrogens with zero attached hydrogens (tertiary/aromatic N) is 4. The molecule has 0 amide bonds. The number of aryl methyl sites for hydroxylation is 1. The standard InChI is InChI=1S/C38H56N2O2.C34H55NO5.C33H55NO6S/c1-26(2)10-8-11-27(3)31-17-18-32-30-16-15-28-24-29(19-21-37(28,4)33(30)20-22-38(31,32)5)42-36(41)14-9-23-40-25-39-34-12-6-7-13-35(34)40;1-22-7-13-34(38-21-22)23(2)31-29(40-34)20-28-26-6-5-24-19-25(39-30(36)10-14-35-15-17-37-18-16-35)8-11-32(24,3)27(26)9-12-33(28,31)4;1-20(6-9-29(37)39-5)24-7-8-25-30-26(18-28(36)33(24,25)4)32(3)11-10-23(16-22(32)17-27(30)35)40-31(38)21(2)19-34-12-14-41-15-13-34/h6-7,12-13,15,25-27,29-33H,8-11,14,16-24H2,1-5H3;22-29,31H,5-21H2,1-4H3;20-28,30,35-36H,6-19H2,1-5H3. The number of morpholine rings is 1. The van der Waals surface area contributed by atoms with Crippen LogP contribution in [0.4, 0.5) is 0 Å². The quantitative estimate of drug-likeness (QED) is 0.0640. The Morgan fingerprint density at radius 2 is 1.27 bits per heavy atom. The minimum atomic E-state index is -0.408. The Kier molecular flexibility index (Phi) is 28.8. The van der Waals surface area contributed by atoms with Crippen LogP contribution in [0.5, 0.6) is 0 Å². The zero-order valence-electron chi connectivity index (χ0n) is 78.9. The molecule has 2 N–H and O–H groups in total. The molecule has 2 aromatic rings. The lowest BCUT2D eigenvalue weighted by Crippen LogP contribution is -2.62. The summed E-state index contributed by atoms with van der Waals surface area (Å²) >= 11 is 1.98. The van der Waals surface area contributed by atoms with E-state index in [9.17, 15) is 29.4 Å². The lowest BCUT2D eigenvalue weighted by Gasteiger charge is -2.63. The minimum absolute atomic E-state index is 0.00278. The van der Waals surface area contributed by atoms with Crippen LogP contribution in [0.15, 0.2) is 42.2 Å². The number of allylic oxidation sites excluding steroid dienone is 1. The van der Waals surface area contributed by atoms with Crippen LogP contribution in [0.25, 0.3) is 11.0 Å². The molecule has 15 fully saturated rings. The minimum Gasteiger partial charge on any atom is -0.469 e. The van der Waals surface area contributed by atoms with Crippen molar-refractivity contribution in [2.75, 3.05) is 77.7 Å². The SMILES string of the molecule is CC(C)CCCC(C)C1CCC2C3CC=C4CC(OC(=O)CCCn5cnc6ccccc65)CCC4(C)C3CCC12C.CC1CCC2(OC1)OC1CC3C4CCC5CC(OC(=O)CCN6CCOCC6)CCC5(C)C4CCC3(C)C1C2C.COC(=O)CCC(C)C1CCC2C3C(O)CC4CC(OC(=O)C(C)CN5CCSCC5)CCC4(C)C3CC(O)C12C. The molecule has 1 aromatic heterocycles. The summed E-state index contributed by atoms with van der Waals surface area (Å²) in [6.45, 7) is 40.3. The number of carbonyl (C=O) groups excluding carboxylic acids is 4. The Labute approximate surface area is 745 Å². The number of esters is 4. The largest absolute Gasteiger partial charge is 0.469 e. The highest BCUT2D eigenvalue weighted by Crippen LogP contribution is 2.74. The number of aliphatic hydroxyl groups is 2. The van der Waals surface area contributed by atoms with Crippen molar-refractivity contribution in [1.29, 1.82) is 0 Å². The highest BCUT2D eigenvalue weighted by molar-refractivity contribution is 7.99. The molecule has 32 unspecified atom stereocenters. The third-order valence-corrected chi connectivity index (χ3v) is 40.6. The molecule has 18 rings (SSSR count). The lowest BCUT2D eigenvalue weighted by atomic mass is 9.43. The summed E-state index contributed by atoms with van der Waals surface area (Å²) in [5.41, 5.74) is 5.18. The number of benzene rings is 1. The second-order valence-electron chi connectivity index (χ2n) is 46.3. The fourth-order valence-electron chi connectivity index (χ4n) is 32.6. The van der Waals surface area contributed by atoms with Crippen molar-refractivity contribution in [3.8, 4) is 0 Å². The Hall–Kier alpha value is -3.62. The molecule has 4 aliphatic heterocycles. The van der Waals surface area contributed by atoms with Crippen LogP contribution in [0, 0.1) is 151 Å². The maximum Gasteiger partial charge on any atom is 0.310 e. The number of ether oxygens (including phenoxy) is 7. The molecule has 4 saturated heterocycles. The first-order valence-corrected chi connectivity index (χ1v) is 52.1. The summed E-state index contributed by atoms with van der Waals surface area (Å²) in [5, 5.41) is 23.5. The van der Waals surface area contributed by atoms with Crippen LogP contribution >= 0.6 is 11.8 Å². The molecule has 1 aromatic carbocycles. The van der Waals surface area contributed by atoms with E-state index in [0.717, 1.165) is 231 Å². The van der Waals surface area contributed by atoms with Crippen LogP contribution in [0.1, 0.15) is 302 Å². The molecule has 18 heteroatoms. The summed E-state index contributed by atoms with van der Waals surface area (Å²) in [5.74, 6) is 13.4. The highest BCUT2D eigenvalue weighted by Gasteiger charge is 2.71. The zero-order chi connectivity index (χ0) is 86.7. The first-order chi connectivity index (χ1) is 58.9. The predicted molar refractivity (Wildman–Crippen MR) is 487 cm³/mol. The van der Waals surface area contributed by atoms with Crippen molar-refractivity contribution in [3.63, 3.8) is 0 Å². The molecule has 5 heterocycles. The molecule has 690 valence electrons. The molecule has 16 aliphatic rings. The number of methoxy groups -OCH3 is 1. The Bertz CT molecular complexity index is 3940. The van der Waals surface area contributed by atoms with Crippen LogP contribution in [-0.2, 0) is 58.9 Å². The van der Waals surface area contributed by atoms with Gasteiger partial charge in [-0.15, -0.1) is 0 Å². The molecule has 123 heavy (non-hydrogen) atoms. The molecule has 11 saturated carbocycles. The summed E-state index contributed by atoms with van der Waals surface area (Å²) in [4.78, 5) is 59.6. The van der Waals surface area contributed by atoms with Gasteiger partial charge in [-0.3, -0.25) is 24.1 Å². The number of rotatable bonds is 22. The van der Waals surface area contributed by atoms with Gasteiger partial charge in [0, 0.05) is 88.9 Å². The van der Waals surface area contributed by atoms with Crippen molar-refractivity contribution in [2.45, 2.75) is 351 Å². The number of aromatic nitrogens is 2. The van der Waals surface area contributed by atoms with Gasteiger partial charge in [-0.25, -0.2) is 4.98 Å². The number of fused-ring (bicyclic) bond motifs is 18. The molecular formula is C105H166N4O13S. The molecule has 0 bridgehead atoms. The van der Waals surface area contributed by atoms with Gasteiger partial charge in [0.2, 0.25) is 0 Å². The molecule has 1 spiro atoms. The third kappa shape index (κ3) is 18.4. The van der Waals surface area contributed by atoms with Gasteiger partial charge in [-0.05, 0) is 312 Å². The van der Waals surface area contributed by atoms with E-state index in [1.54, 1.807) is 5.57 Å². The van der Waals surface area contributed by atoms with Gasteiger partial charge >= 0.3 is 23.9 Å². The van der Waals surface area contributed by atoms with Crippen LogP contribution in [0.3, 0.4) is 0 Å². The van der Waals surface area contributed by atoms with E-state index in [4.69, 9.17) is 33.2 Å². The van der Waals surface area contributed by atoms with E-state index in [1.807, 2.05) is 43.2 Å². The average molecular weight is 1720 g/mol. The van der Waals surface area contributed by atoms with E-state index in [1.165, 1.54) is 110 Å². The molecule has 17 nitrogen and oxygen atoms in total. The number of hydrogen-bond acceptors (Lipinski definition) is 17. The third-order valence-electron chi connectivity index (χ3n) is 39.6. The number of hydrogen-bond donors (Lipinski definition) is 2. The van der Waals surface area contributed by atoms with Crippen molar-refractivity contribution in [2.24, 2.45) is 151 Å². The second-order valence-corrected chi connectivity index (χ2v) is 47.5. The normalized spacial score (nSPS) is 43.7. The van der Waals surface area contributed by atoms with E-state index < -0.39 is 6.10 Å². The van der Waals surface area contributed by atoms with Crippen LogP contribution < -0.4 is 0 Å². The van der Waals surface area contributed by atoms with Crippen LogP contribution in [-0.4, -0.2) is 174 Å². The van der Waals surface area contributed by atoms with Gasteiger partial charge in [-0.1, -0.05) is 133 Å². The molecule has 0 radical (unpaired) electrons. The highest BCUT2D eigenvalue weighted by atomic mass is 32.2. The van der Waals surface area contributed by atoms with Crippen molar-refractivity contribution in [1.82, 2.24) is 19.4 Å². The summed E-state index contributed by atoms with van der Waals surface area (Å²) < 4.78 is 44.3. The van der Waals surface area contributed by atoms with Gasteiger partial charge in [0.05, 0.1) is 74.9 Å². The Morgan fingerprint density at radius 3 is 2.02 bits per heavy atom. The summed E-state index contributed by atoms with van der Waals surface area (Å²) in [6, 6.07) is 8.18. The Morgan fingerprint density at radius 1 is 0.593 bits per heavy atom. The first kappa shape index (κ1) is 92.6. The number of carbonyl (C=O) groups is 4. The fourth-order valence-corrected chi connectivity index (χ4v) is 33.6.